The van der Waals surface area contributed by atoms with Crippen molar-refractivity contribution in [3.63, 3.8) is 0 Å². The first kappa shape index (κ1) is 13.6. The number of nitrogens with one attached hydrogen (secondary N) is 1. The smallest absolute Gasteiger partial charge is 0.165 e. The van der Waals surface area contributed by atoms with Crippen LogP contribution in [0.4, 0.5) is 10.2 Å². The molecule has 0 aliphatic carbocycles. The van der Waals surface area contributed by atoms with Gasteiger partial charge in [0.25, 0.3) is 0 Å². The molecule has 100 valence electrons. The second-order valence-corrected chi connectivity index (χ2v) is 4.40. The highest BCUT2D eigenvalue weighted by atomic mass is 35.5. The fraction of sp³-hybridized carbons (Fsp3) is 0.154. The molecule has 2 rings (SSSR count). The van der Waals surface area contributed by atoms with E-state index in [4.69, 9.17) is 22.2 Å². The second-order valence-electron chi connectivity index (χ2n) is 3.99. The standard InChI is InChI=1S/C13H13ClFN3O/c1-8-2-4-10(15)12(6-8)19-7-11-9(14)3-5-13(17-11)18-16/h2-6H,7,16H2,1H3,(H,17,18). The first-order valence-electron chi connectivity index (χ1n) is 5.61. The van der Waals surface area contributed by atoms with E-state index in [2.05, 4.69) is 10.4 Å². The highest BCUT2D eigenvalue weighted by Crippen LogP contribution is 2.22. The fourth-order valence-electron chi connectivity index (χ4n) is 1.53. The minimum absolute atomic E-state index is 0.0642. The van der Waals surface area contributed by atoms with Crippen molar-refractivity contribution in [2.45, 2.75) is 13.5 Å². The Bertz CT molecular complexity index is 592. The van der Waals surface area contributed by atoms with E-state index in [1.807, 2.05) is 6.92 Å². The molecule has 2 aromatic rings. The fourth-order valence-corrected chi connectivity index (χ4v) is 1.69. The lowest BCUT2D eigenvalue weighted by Crippen LogP contribution is -2.10. The monoisotopic (exact) mass is 281 g/mol. The first-order valence-corrected chi connectivity index (χ1v) is 5.99. The van der Waals surface area contributed by atoms with Gasteiger partial charge in [-0.25, -0.2) is 15.2 Å². The van der Waals surface area contributed by atoms with Gasteiger partial charge in [-0.05, 0) is 36.8 Å². The quantitative estimate of drug-likeness (QED) is 0.668. The second kappa shape index (κ2) is 5.86. The molecule has 3 N–H and O–H groups in total. The van der Waals surface area contributed by atoms with Crippen LogP contribution in [0.15, 0.2) is 30.3 Å². The molecule has 1 aromatic carbocycles. The van der Waals surface area contributed by atoms with Crippen LogP contribution in [0.5, 0.6) is 5.75 Å². The predicted octanol–water partition coefficient (Wildman–Crippen LogP) is 3.05. The van der Waals surface area contributed by atoms with Gasteiger partial charge in [0.1, 0.15) is 12.4 Å². The maximum absolute atomic E-state index is 13.5. The number of nitrogens with two attached hydrogens (primary N) is 1. The highest BCUT2D eigenvalue weighted by Gasteiger charge is 2.08. The van der Waals surface area contributed by atoms with Crippen molar-refractivity contribution in [2.24, 2.45) is 5.84 Å². The summed E-state index contributed by atoms with van der Waals surface area (Å²) in [6.07, 6.45) is 0. The SMILES string of the molecule is Cc1ccc(F)c(OCc2nc(NN)ccc2Cl)c1. The summed E-state index contributed by atoms with van der Waals surface area (Å²) in [6.45, 7) is 1.92. The lowest BCUT2D eigenvalue weighted by molar-refractivity contribution is 0.286. The molecule has 6 heteroatoms. The topological polar surface area (TPSA) is 60.2 Å². The van der Waals surface area contributed by atoms with Crippen LogP contribution < -0.4 is 16.0 Å². The van der Waals surface area contributed by atoms with E-state index >= 15 is 0 Å². The molecule has 1 aromatic heterocycles. The Kier molecular flexibility index (Phi) is 4.19. The summed E-state index contributed by atoms with van der Waals surface area (Å²) >= 11 is 5.99. The van der Waals surface area contributed by atoms with E-state index in [1.165, 1.54) is 6.07 Å². The Hall–Kier alpha value is -1.85. The predicted molar refractivity (Wildman–Crippen MR) is 72.5 cm³/mol. The molecule has 19 heavy (non-hydrogen) atoms. The van der Waals surface area contributed by atoms with Crippen LogP contribution in [0.1, 0.15) is 11.3 Å². The third-order valence-electron chi connectivity index (χ3n) is 2.52. The summed E-state index contributed by atoms with van der Waals surface area (Å²) in [5.41, 5.74) is 3.81. The van der Waals surface area contributed by atoms with Gasteiger partial charge in [0.15, 0.2) is 11.6 Å². The van der Waals surface area contributed by atoms with Crippen LogP contribution in [0.25, 0.3) is 0 Å². The summed E-state index contributed by atoms with van der Waals surface area (Å²) in [5, 5.41) is 0.437. The molecule has 0 fully saturated rings. The Morgan fingerprint density at radius 3 is 2.89 bits per heavy atom. The van der Waals surface area contributed by atoms with E-state index in [0.717, 1.165) is 5.56 Å². The number of aromatic nitrogens is 1. The normalized spacial score (nSPS) is 10.3. The van der Waals surface area contributed by atoms with Crippen molar-refractivity contribution < 1.29 is 9.13 Å². The zero-order valence-corrected chi connectivity index (χ0v) is 11.0. The van der Waals surface area contributed by atoms with Gasteiger partial charge in [0.2, 0.25) is 0 Å². The maximum atomic E-state index is 13.5. The van der Waals surface area contributed by atoms with Gasteiger partial charge in [-0.3, -0.25) is 0 Å². The minimum Gasteiger partial charge on any atom is -0.484 e. The van der Waals surface area contributed by atoms with Gasteiger partial charge in [-0.2, -0.15) is 0 Å². The Balaban J connectivity index is 2.16. The molecule has 0 saturated carbocycles. The zero-order valence-electron chi connectivity index (χ0n) is 10.3. The first-order chi connectivity index (χ1) is 9.10. The molecule has 0 aliphatic heterocycles. The van der Waals surface area contributed by atoms with Crippen LogP contribution in [-0.4, -0.2) is 4.98 Å². The van der Waals surface area contributed by atoms with Gasteiger partial charge in [-0.15, -0.1) is 0 Å². The Morgan fingerprint density at radius 2 is 2.16 bits per heavy atom. The molecule has 4 nitrogen and oxygen atoms in total. The minimum atomic E-state index is -0.421. The average molecular weight is 282 g/mol. The van der Waals surface area contributed by atoms with E-state index in [1.54, 1.807) is 24.3 Å². The summed E-state index contributed by atoms with van der Waals surface area (Å²) < 4.78 is 18.9. The van der Waals surface area contributed by atoms with Gasteiger partial charge in [0, 0.05) is 0 Å². The number of nitrogens with zero attached hydrogens (tertiary/aromatic N) is 1. The van der Waals surface area contributed by atoms with Crippen molar-refractivity contribution in [3.05, 3.63) is 52.4 Å². The van der Waals surface area contributed by atoms with Crippen LogP contribution in [-0.2, 0) is 6.61 Å². The average Bonchev–Trinajstić information content (AvgIpc) is 2.41. The summed E-state index contributed by atoms with van der Waals surface area (Å²) in [6, 6.07) is 7.94. The molecular weight excluding hydrogens is 269 g/mol. The third kappa shape index (κ3) is 3.33. The molecule has 0 saturated heterocycles. The summed E-state index contributed by atoms with van der Waals surface area (Å²) in [4.78, 5) is 4.14. The van der Waals surface area contributed by atoms with Crippen LogP contribution in [0.3, 0.4) is 0 Å². The van der Waals surface area contributed by atoms with E-state index < -0.39 is 5.82 Å². The van der Waals surface area contributed by atoms with Crippen molar-refractivity contribution >= 4 is 17.4 Å². The van der Waals surface area contributed by atoms with Gasteiger partial charge >= 0.3 is 0 Å². The van der Waals surface area contributed by atoms with Crippen LogP contribution in [0.2, 0.25) is 5.02 Å². The van der Waals surface area contributed by atoms with E-state index in [0.29, 0.717) is 16.5 Å². The maximum Gasteiger partial charge on any atom is 0.165 e. The number of hydrogen-bond acceptors (Lipinski definition) is 4. The molecule has 0 aliphatic rings. The van der Waals surface area contributed by atoms with E-state index in [-0.39, 0.29) is 12.4 Å². The number of hydrogen-bond donors (Lipinski definition) is 2. The zero-order chi connectivity index (χ0) is 13.8. The Morgan fingerprint density at radius 1 is 1.37 bits per heavy atom. The van der Waals surface area contributed by atoms with E-state index in [9.17, 15) is 4.39 Å². The number of ether oxygens (including phenoxy) is 1. The molecule has 0 bridgehead atoms. The Labute approximate surface area is 115 Å². The number of hydrazine groups is 1. The number of benzene rings is 1. The lowest BCUT2D eigenvalue weighted by atomic mass is 10.2. The number of nitrogen functional groups attached to an aromatic ring is 1. The molecule has 0 radical (unpaired) electrons. The van der Waals surface area contributed by atoms with Crippen LogP contribution >= 0.6 is 11.6 Å². The van der Waals surface area contributed by atoms with Crippen LogP contribution in [0, 0.1) is 12.7 Å². The largest absolute Gasteiger partial charge is 0.484 e. The number of pyridine rings is 1. The van der Waals surface area contributed by atoms with Crippen molar-refractivity contribution in [2.75, 3.05) is 5.43 Å². The number of halogens is 2. The summed E-state index contributed by atoms with van der Waals surface area (Å²) in [7, 11) is 0. The molecule has 0 unspecified atom stereocenters. The van der Waals surface area contributed by atoms with Crippen molar-refractivity contribution in [3.8, 4) is 5.75 Å². The number of anilines is 1. The molecule has 0 atom stereocenters. The molecular formula is C13H13ClFN3O. The van der Waals surface area contributed by atoms with Gasteiger partial charge < -0.3 is 10.2 Å². The number of aryl methyl sites for hydroxylation is 1. The molecule has 1 heterocycles. The van der Waals surface area contributed by atoms with Gasteiger partial charge in [-0.1, -0.05) is 17.7 Å². The van der Waals surface area contributed by atoms with Gasteiger partial charge in [0.05, 0.1) is 10.7 Å². The lowest BCUT2D eigenvalue weighted by Gasteiger charge is -2.10. The molecule has 0 amide bonds. The number of rotatable bonds is 4. The third-order valence-corrected chi connectivity index (χ3v) is 2.86. The highest BCUT2D eigenvalue weighted by molar-refractivity contribution is 6.31. The summed E-state index contributed by atoms with van der Waals surface area (Å²) in [5.74, 6) is 5.48. The van der Waals surface area contributed by atoms with Crippen molar-refractivity contribution in [1.29, 1.82) is 0 Å². The van der Waals surface area contributed by atoms with Crippen molar-refractivity contribution in [1.82, 2.24) is 4.98 Å². The molecule has 0 spiro atoms.